The SMILES string of the molecule is CCOc1ccc(-c2noc(CN3CCC(C(=O)N4CCCC4)CC3)n2)cc1. The Hall–Kier alpha value is -2.41. The van der Waals surface area contributed by atoms with Crippen LogP contribution in [0.3, 0.4) is 0 Å². The molecule has 0 bridgehead atoms. The predicted octanol–water partition coefficient (Wildman–Crippen LogP) is 2.97. The normalized spacial score (nSPS) is 18.5. The number of carbonyl (C=O) groups is 1. The number of nitrogens with zero attached hydrogens (tertiary/aromatic N) is 4. The molecule has 7 nitrogen and oxygen atoms in total. The van der Waals surface area contributed by atoms with Gasteiger partial charge in [-0.1, -0.05) is 5.16 Å². The molecule has 0 unspecified atom stereocenters. The molecule has 28 heavy (non-hydrogen) atoms. The van der Waals surface area contributed by atoms with Crippen LogP contribution >= 0.6 is 0 Å². The van der Waals surface area contributed by atoms with E-state index in [0.717, 1.165) is 63.2 Å². The number of ether oxygens (including phenoxy) is 1. The van der Waals surface area contributed by atoms with Gasteiger partial charge in [0, 0.05) is 24.6 Å². The number of hydrogen-bond donors (Lipinski definition) is 0. The summed E-state index contributed by atoms with van der Waals surface area (Å²) in [4.78, 5) is 21.4. The molecule has 0 saturated carbocycles. The maximum Gasteiger partial charge on any atom is 0.241 e. The maximum absolute atomic E-state index is 12.5. The van der Waals surface area contributed by atoms with E-state index in [1.165, 1.54) is 0 Å². The quantitative estimate of drug-likeness (QED) is 0.762. The second-order valence-corrected chi connectivity index (χ2v) is 7.55. The van der Waals surface area contributed by atoms with Crippen molar-refractivity contribution in [1.29, 1.82) is 0 Å². The van der Waals surface area contributed by atoms with E-state index in [-0.39, 0.29) is 5.92 Å². The first-order valence-electron chi connectivity index (χ1n) is 10.3. The number of likely N-dealkylation sites (tertiary alicyclic amines) is 2. The molecule has 7 heteroatoms. The van der Waals surface area contributed by atoms with Crippen LogP contribution in [0.25, 0.3) is 11.4 Å². The molecular formula is C21H28N4O3. The molecule has 2 fully saturated rings. The monoisotopic (exact) mass is 384 g/mol. The molecule has 1 amide bonds. The first-order valence-corrected chi connectivity index (χ1v) is 10.3. The highest BCUT2D eigenvalue weighted by atomic mass is 16.5. The lowest BCUT2D eigenvalue weighted by Crippen LogP contribution is -2.41. The molecule has 4 rings (SSSR count). The van der Waals surface area contributed by atoms with Gasteiger partial charge in [-0.05, 0) is 70.0 Å². The fraction of sp³-hybridized carbons (Fsp3) is 0.571. The number of piperidine rings is 1. The maximum atomic E-state index is 12.5. The van der Waals surface area contributed by atoms with Crippen molar-refractivity contribution < 1.29 is 14.1 Å². The van der Waals surface area contributed by atoms with E-state index in [2.05, 4.69) is 15.0 Å². The smallest absolute Gasteiger partial charge is 0.241 e. The summed E-state index contributed by atoms with van der Waals surface area (Å²) in [6, 6.07) is 7.71. The molecule has 0 aliphatic carbocycles. The second-order valence-electron chi connectivity index (χ2n) is 7.55. The van der Waals surface area contributed by atoms with Gasteiger partial charge in [0.05, 0.1) is 13.2 Å². The van der Waals surface area contributed by atoms with Gasteiger partial charge in [0.25, 0.3) is 0 Å². The van der Waals surface area contributed by atoms with Crippen LogP contribution in [-0.4, -0.2) is 58.6 Å². The zero-order chi connectivity index (χ0) is 19.3. The highest BCUT2D eigenvalue weighted by molar-refractivity contribution is 5.79. The van der Waals surface area contributed by atoms with Crippen LogP contribution in [0.2, 0.25) is 0 Å². The summed E-state index contributed by atoms with van der Waals surface area (Å²) in [7, 11) is 0. The van der Waals surface area contributed by atoms with Gasteiger partial charge in [-0.2, -0.15) is 4.98 Å². The highest BCUT2D eigenvalue weighted by Gasteiger charge is 2.30. The zero-order valence-electron chi connectivity index (χ0n) is 16.5. The molecule has 1 aromatic carbocycles. The summed E-state index contributed by atoms with van der Waals surface area (Å²) in [5.74, 6) is 2.58. The Kier molecular flexibility index (Phi) is 5.90. The van der Waals surface area contributed by atoms with Gasteiger partial charge in [0.1, 0.15) is 5.75 Å². The number of amides is 1. The molecule has 2 aliphatic rings. The molecule has 150 valence electrons. The van der Waals surface area contributed by atoms with Gasteiger partial charge in [-0.15, -0.1) is 0 Å². The van der Waals surface area contributed by atoms with Gasteiger partial charge in [0.2, 0.25) is 17.6 Å². The van der Waals surface area contributed by atoms with Crippen molar-refractivity contribution in [3.63, 3.8) is 0 Å². The molecule has 3 heterocycles. The molecule has 0 atom stereocenters. The first-order chi connectivity index (χ1) is 13.7. The van der Waals surface area contributed by atoms with Crippen LogP contribution in [0.15, 0.2) is 28.8 Å². The van der Waals surface area contributed by atoms with Crippen LogP contribution in [0.4, 0.5) is 0 Å². The van der Waals surface area contributed by atoms with Crippen molar-refractivity contribution in [1.82, 2.24) is 19.9 Å². The average Bonchev–Trinajstić information content (AvgIpc) is 3.41. The largest absolute Gasteiger partial charge is 0.494 e. The second kappa shape index (κ2) is 8.73. The predicted molar refractivity (Wildman–Crippen MR) is 105 cm³/mol. The summed E-state index contributed by atoms with van der Waals surface area (Å²) in [5, 5.41) is 4.11. The molecule has 2 saturated heterocycles. The third-order valence-electron chi connectivity index (χ3n) is 5.61. The standard InChI is InChI=1S/C21H28N4O3/c1-2-27-18-7-5-16(6-8-18)20-22-19(28-23-20)15-24-13-9-17(10-14-24)21(26)25-11-3-4-12-25/h5-8,17H,2-4,9-15H2,1H3. The van der Waals surface area contributed by atoms with Crippen molar-refractivity contribution in [2.45, 2.75) is 39.2 Å². The number of benzene rings is 1. The number of rotatable bonds is 6. The van der Waals surface area contributed by atoms with Gasteiger partial charge in [0.15, 0.2) is 0 Å². The van der Waals surface area contributed by atoms with Crippen LogP contribution in [-0.2, 0) is 11.3 Å². The van der Waals surface area contributed by atoms with Crippen molar-refractivity contribution in [3.05, 3.63) is 30.2 Å². The summed E-state index contributed by atoms with van der Waals surface area (Å²) in [6.45, 7) is 6.91. The van der Waals surface area contributed by atoms with Crippen LogP contribution in [0.1, 0.15) is 38.5 Å². The topological polar surface area (TPSA) is 71.7 Å². The Morgan fingerprint density at radius 3 is 2.54 bits per heavy atom. The van der Waals surface area contributed by atoms with E-state index in [1.807, 2.05) is 36.1 Å². The average molecular weight is 384 g/mol. The minimum Gasteiger partial charge on any atom is -0.494 e. The minimum absolute atomic E-state index is 0.177. The van der Waals surface area contributed by atoms with Gasteiger partial charge < -0.3 is 14.2 Å². The van der Waals surface area contributed by atoms with Gasteiger partial charge in [-0.25, -0.2) is 0 Å². The fourth-order valence-electron chi connectivity index (χ4n) is 4.03. The first kappa shape index (κ1) is 18.9. The Morgan fingerprint density at radius 1 is 1.14 bits per heavy atom. The van der Waals surface area contributed by atoms with Crippen molar-refractivity contribution >= 4 is 5.91 Å². The lowest BCUT2D eigenvalue weighted by atomic mass is 9.95. The van der Waals surface area contributed by atoms with Crippen molar-refractivity contribution in [3.8, 4) is 17.1 Å². The fourth-order valence-corrected chi connectivity index (χ4v) is 4.03. The number of hydrogen-bond acceptors (Lipinski definition) is 6. The highest BCUT2D eigenvalue weighted by Crippen LogP contribution is 2.24. The summed E-state index contributed by atoms with van der Waals surface area (Å²) in [5.41, 5.74) is 0.911. The molecule has 0 spiro atoms. The van der Waals surface area contributed by atoms with Crippen molar-refractivity contribution in [2.24, 2.45) is 5.92 Å². The van der Waals surface area contributed by atoms with E-state index >= 15 is 0 Å². The van der Waals surface area contributed by atoms with Crippen LogP contribution in [0, 0.1) is 5.92 Å². The molecule has 1 aromatic heterocycles. The lowest BCUT2D eigenvalue weighted by molar-refractivity contribution is -0.136. The zero-order valence-corrected chi connectivity index (χ0v) is 16.5. The number of carbonyl (C=O) groups excluding carboxylic acids is 1. The van der Waals surface area contributed by atoms with E-state index in [1.54, 1.807) is 0 Å². The van der Waals surface area contributed by atoms with E-state index in [9.17, 15) is 4.79 Å². The van der Waals surface area contributed by atoms with Gasteiger partial charge >= 0.3 is 0 Å². The Morgan fingerprint density at radius 2 is 1.86 bits per heavy atom. The number of aromatic nitrogens is 2. The third kappa shape index (κ3) is 4.35. The van der Waals surface area contributed by atoms with Gasteiger partial charge in [-0.3, -0.25) is 9.69 Å². The van der Waals surface area contributed by atoms with E-state index in [4.69, 9.17) is 9.26 Å². The molecule has 2 aromatic rings. The van der Waals surface area contributed by atoms with Crippen molar-refractivity contribution in [2.75, 3.05) is 32.8 Å². The minimum atomic E-state index is 0.177. The Balaban J connectivity index is 1.29. The van der Waals surface area contributed by atoms with Crippen LogP contribution < -0.4 is 4.74 Å². The van der Waals surface area contributed by atoms with E-state index < -0.39 is 0 Å². The lowest BCUT2D eigenvalue weighted by Gasteiger charge is -2.32. The Bertz CT molecular complexity index is 775. The molecule has 0 N–H and O–H groups in total. The molecular weight excluding hydrogens is 356 g/mol. The van der Waals surface area contributed by atoms with E-state index in [0.29, 0.717) is 30.8 Å². The summed E-state index contributed by atoms with van der Waals surface area (Å²) >= 11 is 0. The summed E-state index contributed by atoms with van der Waals surface area (Å²) < 4.78 is 10.9. The summed E-state index contributed by atoms with van der Waals surface area (Å²) in [6.07, 6.45) is 4.13. The Labute approximate surface area is 165 Å². The third-order valence-corrected chi connectivity index (χ3v) is 5.61. The van der Waals surface area contributed by atoms with Crippen LogP contribution in [0.5, 0.6) is 5.75 Å². The molecule has 0 radical (unpaired) electrons. The molecule has 2 aliphatic heterocycles.